The summed E-state index contributed by atoms with van der Waals surface area (Å²) in [6, 6.07) is 5.16. The Hall–Kier alpha value is -1.71. The summed E-state index contributed by atoms with van der Waals surface area (Å²) in [6.45, 7) is 3.10. The lowest BCUT2D eigenvalue weighted by Crippen LogP contribution is -2.19. The minimum Gasteiger partial charge on any atom is -0.399 e. The summed E-state index contributed by atoms with van der Waals surface area (Å²) < 4.78 is 0. The number of nitrogens with one attached hydrogen (secondary N) is 1. The predicted octanol–water partition coefficient (Wildman–Crippen LogP) is 2.36. The van der Waals surface area contributed by atoms with Crippen LogP contribution < -0.4 is 16.8 Å². The molecule has 1 aliphatic carbocycles. The van der Waals surface area contributed by atoms with E-state index in [1.54, 1.807) is 18.2 Å². The highest BCUT2D eigenvalue weighted by atomic mass is 16.1. The van der Waals surface area contributed by atoms with Gasteiger partial charge in [0.05, 0.1) is 5.56 Å². The molecule has 18 heavy (non-hydrogen) atoms. The first-order valence-corrected chi connectivity index (χ1v) is 6.49. The molecule has 1 aromatic rings. The third kappa shape index (κ3) is 2.75. The molecule has 0 bridgehead atoms. The molecule has 2 rings (SSSR count). The van der Waals surface area contributed by atoms with Crippen molar-refractivity contribution >= 4 is 17.3 Å². The molecule has 5 N–H and O–H groups in total. The molecular weight excluding hydrogens is 226 g/mol. The summed E-state index contributed by atoms with van der Waals surface area (Å²) in [5.74, 6) is -0.419. The van der Waals surface area contributed by atoms with Crippen LogP contribution in [0.5, 0.6) is 0 Å². The lowest BCUT2D eigenvalue weighted by atomic mass is 10.0. The maximum atomic E-state index is 11.3. The number of nitrogens with two attached hydrogens (primary N) is 2. The first-order chi connectivity index (χ1) is 8.56. The van der Waals surface area contributed by atoms with E-state index in [1.807, 2.05) is 0 Å². The smallest absolute Gasteiger partial charge is 0.250 e. The summed E-state index contributed by atoms with van der Waals surface area (Å²) >= 11 is 0. The molecule has 1 amide bonds. The van der Waals surface area contributed by atoms with Crippen molar-refractivity contribution in [1.82, 2.24) is 0 Å². The highest BCUT2D eigenvalue weighted by Crippen LogP contribution is 2.49. The lowest BCUT2D eigenvalue weighted by molar-refractivity contribution is 0.100. The zero-order valence-electron chi connectivity index (χ0n) is 10.8. The molecule has 0 heterocycles. The molecule has 1 fully saturated rings. The van der Waals surface area contributed by atoms with Gasteiger partial charge in [-0.2, -0.15) is 0 Å². The minimum atomic E-state index is -0.419. The van der Waals surface area contributed by atoms with Crippen LogP contribution in [-0.2, 0) is 0 Å². The maximum Gasteiger partial charge on any atom is 0.250 e. The molecule has 4 nitrogen and oxygen atoms in total. The maximum absolute atomic E-state index is 11.3. The van der Waals surface area contributed by atoms with Gasteiger partial charge in [0.15, 0.2) is 0 Å². The molecule has 1 aromatic carbocycles. The standard InChI is InChI=1S/C14H21N3O/c1-2-5-14(6-7-14)9-17-12-8-10(15)3-4-11(12)13(16)18/h3-4,8,17H,2,5-7,9,15H2,1H3,(H2,16,18). The number of rotatable bonds is 6. The fourth-order valence-corrected chi connectivity index (χ4v) is 2.43. The number of anilines is 2. The monoisotopic (exact) mass is 247 g/mol. The number of hydrogen-bond acceptors (Lipinski definition) is 3. The Morgan fingerprint density at radius 3 is 2.72 bits per heavy atom. The van der Waals surface area contributed by atoms with Gasteiger partial charge >= 0.3 is 0 Å². The number of carbonyl (C=O) groups is 1. The van der Waals surface area contributed by atoms with Crippen LogP contribution in [0.1, 0.15) is 43.0 Å². The van der Waals surface area contributed by atoms with Crippen LogP contribution in [0.3, 0.4) is 0 Å². The molecule has 1 aliphatic rings. The van der Waals surface area contributed by atoms with Crippen LogP contribution in [0.2, 0.25) is 0 Å². The summed E-state index contributed by atoms with van der Waals surface area (Å²) in [7, 11) is 0. The fourth-order valence-electron chi connectivity index (χ4n) is 2.43. The Kier molecular flexibility index (Phi) is 3.45. The topological polar surface area (TPSA) is 81.1 Å². The van der Waals surface area contributed by atoms with E-state index >= 15 is 0 Å². The van der Waals surface area contributed by atoms with Gasteiger partial charge in [0.2, 0.25) is 0 Å². The summed E-state index contributed by atoms with van der Waals surface area (Å²) in [6.07, 6.45) is 4.96. The second-order valence-corrected chi connectivity index (χ2v) is 5.27. The first kappa shape index (κ1) is 12.7. The number of carbonyl (C=O) groups excluding carboxylic acids is 1. The summed E-state index contributed by atoms with van der Waals surface area (Å²) in [4.78, 5) is 11.3. The molecule has 0 aliphatic heterocycles. The average molecular weight is 247 g/mol. The molecule has 0 aromatic heterocycles. The number of primary amides is 1. The van der Waals surface area contributed by atoms with E-state index < -0.39 is 5.91 Å². The number of amides is 1. The third-order valence-corrected chi connectivity index (χ3v) is 3.70. The van der Waals surface area contributed by atoms with Crippen LogP contribution >= 0.6 is 0 Å². The number of hydrogen-bond donors (Lipinski definition) is 3. The Bertz CT molecular complexity index is 452. The van der Waals surface area contributed by atoms with Gasteiger partial charge in [-0.05, 0) is 42.9 Å². The van der Waals surface area contributed by atoms with Crippen molar-refractivity contribution in [3.05, 3.63) is 23.8 Å². The molecule has 1 saturated carbocycles. The summed E-state index contributed by atoms with van der Waals surface area (Å²) in [5.41, 5.74) is 13.4. The quantitative estimate of drug-likeness (QED) is 0.675. The second kappa shape index (κ2) is 4.88. The minimum absolute atomic E-state index is 0.419. The van der Waals surface area contributed by atoms with Gasteiger partial charge in [-0.25, -0.2) is 0 Å². The Labute approximate surface area is 108 Å². The molecular formula is C14H21N3O. The molecule has 98 valence electrons. The van der Waals surface area contributed by atoms with Crippen LogP contribution in [-0.4, -0.2) is 12.5 Å². The van der Waals surface area contributed by atoms with Gasteiger partial charge in [-0.3, -0.25) is 4.79 Å². The van der Waals surface area contributed by atoms with Gasteiger partial charge in [0.1, 0.15) is 0 Å². The molecule has 0 atom stereocenters. The highest BCUT2D eigenvalue weighted by Gasteiger charge is 2.41. The zero-order valence-corrected chi connectivity index (χ0v) is 10.8. The van der Waals surface area contributed by atoms with E-state index in [0.29, 0.717) is 16.7 Å². The van der Waals surface area contributed by atoms with Crippen LogP contribution in [0.25, 0.3) is 0 Å². The number of nitrogen functional groups attached to an aromatic ring is 1. The van der Waals surface area contributed by atoms with Gasteiger partial charge in [-0.1, -0.05) is 13.3 Å². The highest BCUT2D eigenvalue weighted by molar-refractivity contribution is 5.99. The zero-order chi connectivity index (χ0) is 13.2. The van der Waals surface area contributed by atoms with Crippen LogP contribution in [0.4, 0.5) is 11.4 Å². The van der Waals surface area contributed by atoms with E-state index in [2.05, 4.69) is 12.2 Å². The van der Waals surface area contributed by atoms with Crippen molar-refractivity contribution < 1.29 is 4.79 Å². The number of benzene rings is 1. The molecule has 4 heteroatoms. The fraction of sp³-hybridized carbons (Fsp3) is 0.500. The average Bonchev–Trinajstić information content (AvgIpc) is 3.07. The van der Waals surface area contributed by atoms with E-state index in [4.69, 9.17) is 11.5 Å². The Balaban J connectivity index is 2.08. The van der Waals surface area contributed by atoms with Crippen molar-refractivity contribution in [3.8, 4) is 0 Å². The van der Waals surface area contributed by atoms with Gasteiger partial charge in [0.25, 0.3) is 5.91 Å². The largest absolute Gasteiger partial charge is 0.399 e. The van der Waals surface area contributed by atoms with Gasteiger partial charge < -0.3 is 16.8 Å². The van der Waals surface area contributed by atoms with Gasteiger partial charge in [-0.15, -0.1) is 0 Å². The van der Waals surface area contributed by atoms with Crippen molar-refractivity contribution in [1.29, 1.82) is 0 Å². The normalized spacial score (nSPS) is 16.3. The second-order valence-electron chi connectivity index (χ2n) is 5.27. The predicted molar refractivity (Wildman–Crippen MR) is 74.4 cm³/mol. The molecule has 0 radical (unpaired) electrons. The van der Waals surface area contributed by atoms with Crippen LogP contribution in [0.15, 0.2) is 18.2 Å². The van der Waals surface area contributed by atoms with E-state index in [0.717, 1.165) is 12.2 Å². The molecule has 0 saturated heterocycles. The van der Waals surface area contributed by atoms with E-state index in [9.17, 15) is 4.79 Å². The third-order valence-electron chi connectivity index (χ3n) is 3.70. The van der Waals surface area contributed by atoms with Crippen LogP contribution in [0, 0.1) is 5.41 Å². The Morgan fingerprint density at radius 1 is 1.44 bits per heavy atom. The van der Waals surface area contributed by atoms with Crippen molar-refractivity contribution in [2.75, 3.05) is 17.6 Å². The summed E-state index contributed by atoms with van der Waals surface area (Å²) in [5, 5.41) is 3.34. The first-order valence-electron chi connectivity index (χ1n) is 6.49. The van der Waals surface area contributed by atoms with Crippen molar-refractivity contribution in [3.63, 3.8) is 0 Å². The van der Waals surface area contributed by atoms with Crippen molar-refractivity contribution in [2.24, 2.45) is 11.1 Å². The SMILES string of the molecule is CCCC1(CNc2cc(N)ccc2C(N)=O)CC1. The lowest BCUT2D eigenvalue weighted by Gasteiger charge is -2.17. The molecule has 0 unspecified atom stereocenters. The molecule has 0 spiro atoms. The van der Waals surface area contributed by atoms with Gasteiger partial charge in [0, 0.05) is 17.9 Å². The van der Waals surface area contributed by atoms with E-state index in [1.165, 1.54) is 25.7 Å². The Morgan fingerprint density at radius 2 is 2.17 bits per heavy atom. The van der Waals surface area contributed by atoms with E-state index in [-0.39, 0.29) is 0 Å². The van der Waals surface area contributed by atoms with Crippen molar-refractivity contribution in [2.45, 2.75) is 32.6 Å².